The molecule has 1 aromatic rings. The van der Waals surface area contributed by atoms with E-state index in [9.17, 15) is 14.7 Å². The Hall–Kier alpha value is -2.08. The number of fused-ring (bicyclic) bond motifs is 4. The number of carbonyl (C=O) groups is 2. The summed E-state index contributed by atoms with van der Waals surface area (Å²) in [5.41, 5.74) is -0.0345. The number of amides is 1. The van der Waals surface area contributed by atoms with Crippen molar-refractivity contribution in [3.05, 3.63) is 29.8 Å². The average Bonchev–Trinajstić information content (AvgIpc) is 2.46. The Labute approximate surface area is 128 Å². The normalized spacial score (nSPS) is 29.7. The zero-order valence-corrected chi connectivity index (χ0v) is 12.6. The fourth-order valence-corrected chi connectivity index (χ4v) is 3.52. The summed E-state index contributed by atoms with van der Waals surface area (Å²) in [5, 5.41) is 9.55. The van der Waals surface area contributed by atoms with Gasteiger partial charge >= 0.3 is 5.97 Å². The minimum Gasteiger partial charge on any atom is -0.481 e. The summed E-state index contributed by atoms with van der Waals surface area (Å²) in [5.74, 6) is -2.27. The van der Waals surface area contributed by atoms with Crippen molar-refractivity contribution in [3.8, 4) is 5.75 Å². The second kappa shape index (κ2) is 5.28. The number of carboxylic acids is 1. The van der Waals surface area contributed by atoms with E-state index >= 15 is 0 Å². The number of ether oxygens (including phenoxy) is 2. The van der Waals surface area contributed by atoms with Crippen molar-refractivity contribution in [2.24, 2.45) is 5.92 Å². The number of nitrogens with zero attached hydrogens (tertiary/aromatic N) is 1. The molecule has 118 valence electrons. The third-order valence-electron chi connectivity index (χ3n) is 4.54. The van der Waals surface area contributed by atoms with Crippen LogP contribution in [0.5, 0.6) is 5.75 Å². The number of benzene rings is 1. The van der Waals surface area contributed by atoms with Crippen molar-refractivity contribution in [2.45, 2.75) is 25.0 Å². The monoisotopic (exact) mass is 305 g/mol. The van der Waals surface area contributed by atoms with Crippen LogP contribution in [-0.2, 0) is 14.3 Å². The predicted octanol–water partition coefficient (Wildman–Crippen LogP) is 1.46. The van der Waals surface area contributed by atoms with Crippen molar-refractivity contribution in [2.75, 3.05) is 20.3 Å². The maximum absolute atomic E-state index is 12.7. The lowest BCUT2D eigenvalue weighted by Crippen LogP contribution is -2.64. The topological polar surface area (TPSA) is 76.1 Å². The lowest BCUT2D eigenvalue weighted by Gasteiger charge is -2.52. The molecule has 0 aromatic heterocycles. The van der Waals surface area contributed by atoms with Crippen molar-refractivity contribution >= 4 is 11.9 Å². The van der Waals surface area contributed by atoms with Crippen LogP contribution in [0.15, 0.2) is 24.3 Å². The smallest absolute Gasteiger partial charge is 0.316 e. The van der Waals surface area contributed by atoms with Gasteiger partial charge in [0.25, 0.3) is 0 Å². The molecule has 2 heterocycles. The second-order valence-electron chi connectivity index (χ2n) is 5.92. The van der Waals surface area contributed by atoms with Gasteiger partial charge in [-0.2, -0.15) is 0 Å². The number of carboxylic acid groups (broad SMARTS) is 1. The molecule has 6 nitrogen and oxygen atoms in total. The summed E-state index contributed by atoms with van der Waals surface area (Å²) >= 11 is 0. The number of likely N-dealkylation sites (tertiary alicyclic amines) is 1. The van der Waals surface area contributed by atoms with Crippen LogP contribution in [0.4, 0.5) is 0 Å². The summed E-state index contributed by atoms with van der Waals surface area (Å²) in [6.07, 6.45) is 0.469. The van der Waals surface area contributed by atoms with E-state index in [4.69, 9.17) is 9.47 Å². The molecule has 0 aliphatic carbocycles. The predicted molar refractivity (Wildman–Crippen MR) is 77.5 cm³/mol. The van der Waals surface area contributed by atoms with Gasteiger partial charge in [-0.05, 0) is 18.6 Å². The molecular weight excluding hydrogens is 286 g/mol. The highest BCUT2D eigenvalue weighted by atomic mass is 16.5. The maximum atomic E-state index is 12.7. The summed E-state index contributed by atoms with van der Waals surface area (Å²) < 4.78 is 11.1. The zero-order valence-electron chi connectivity index (χ0n) is 12.6. The Morgan fingerprint density at radius 3 is 2.91 bits per heavy atom. The number of carbonyl (C=O) groups excluding carboxylic acids is 1. The first-order chi connectivity index (χ1) is 10.5. The van der Waals surface area contributed by atoms with E-state index in [-0.39, 0.29) is 5.92 Å². The van der Waals surface area contributed by atoms with Crippen LogP contribution >= 0.6 is 0 Å². The van der Waals surface area contributed by atoms with Crippen LogP contribution in [0.1, 0.15) is 24.8 Å². The second-order valence-corrected chi connectivity index (χ2v) is 5.92. The lowest BCUT2D eigenvalue weighted by molar-refractivity contribution is -0.181. The van der Waals surface area contributed by atoms with E-state index in [1.54, 1.807) is 7.11 Å². The molecule has 1 fully saturated rings. The zero-order chi connectivity index (χ0) is 15.9. The molecule has 2 aliphatic rings. The lowest BCUT2D eigenvalue weighted by atomic mass is 9.74. The SMILES string of the molecule is COCCN1C(=O)[C@H](C(=O)O)[C@@H]2C[C@@]1(C)Oc1ccccc12. The third kappa shape index (κ3) is 2.14. The molecular formula is C16H19NO5. The molecule has 3 rings (SSSR count). The molecule has 2 aliphatic heterocycles. The van der Waals surface area contributed by atoms with Crippen molar-refractivity contribution in [1.29, 1.82) is 0 Å². The van der Waals surface area contributed by atoms with Gasteiger partial charge in [-0.15, -0.1) is 0 Å². The molecule has 1 amide bonds. The van der Waals surface area contributed by atoms with Gasteiger partial charge in [-0.1, -0.05) is 18.2 Å². The first-order valence-corrected chi connectivity index (χ1v) is 7.29. The van der Waals surface area contributed by atoms with Crippen molar-refractivity contribution in [3.63, 3.8) is 0 Å². The van der Waals surface area contributed by atoms with Crippen molar-refractivity contribution in [1.82, 2.24) is 4.90 Å². The van der Waals surface area contributed by atoms with E-state index < -0.39 is 23.5 Å². The minimum absolute atomic E-state index is 0.310. The van der Waals surface area contributed by atoms with Gasteiger partial charge in [0.15, 0.2) is 5.72 Å². The summed E-state index contributed by atoms with van der Waals surface area (Å²) in [4.78, 5) is 25.9. The number of methoxy groups -OCH3 is 1. The standard InChI is InChI=1S/C16H19NO5/c1-16-9-11(10-5-3-4-6-12(10)22-16)13(15(19)20)14(18)17(16)7-8-21-2/h3-6,11,13H,7-9H2,1-2H3,(H,19,20)/t11-,13-,16-/m1/s1. The van der Waals surface area contributed by atoms with E-state index in [2.05, 4.69) is 0 Å². The number of hydrogen-bond donors (Lipinski definition) is 1. The largest absolute Gasteiger partial charge is 0.481 e. The fraction of sp³-hybridized carbons (Fsp3) is 0.500. The van der Waals surface area contributed by atoms with Gasteiger partial charge in [-0.3, -0.25) is 9.59 Å². The molecule has 3 atom stereocenters. The molecule has 1 saturated heterocycles. The van der Waals surface area contributed by atoms with Crippen LogP contribution < -0.4 is 4.74 Å². The molecule has 1 N–H and O–H groups in total. The molecule has 6 heteroatoms. The van der Waals surface area contributed by atoms with Gasteiger partial charge in [0.2, 0.25) is 5.91 Å². The Bertz CT molecular complexity index is 616. The van der Waals surface area contributed by atoms with Crippen LogP contribution in [-0.4, -0.2) is 47.9 Å². The first kappa shape index (κ1) is 14.8. The quantitative estimate of drug-likeness (QED) is 0.852. The van der Waals surface area contributed by atoms with Crippen LogP contribution in [0.25, 0.3) is 0 Å². The van der Waals surface area contributed by atoms with Crippen LogP contribution in [0.2, 0.25) is 0 Å². The first-order valence-electron chi connectivity index (χ1n) is 7.29. The number of hydrogen-bond acceptors (Lipinski definition) is 4. The van der Waals surface area contributed by atoms with E-state index in [0.717, 1.165) is 5.56 Å². The molecule has 0 saturated carbocycles. The highest BCUT2D eigenvalue weighted by Crippen LogP contribution is 2.49. The summed E-state index contributed by atoms with van der Waals surface area (Å²) in [7, 11) is 1.55. The third-order valence-corrected chi connectivity index (χ3v) is 4.54. The maximum Gasteiger partial charge on any atom is 0.316 e. The molecule has 1 aromatic carbocycles. The number of para-hydroxylation sites is 1. The van der Waals surface area contributed by atoms with Crippen LogP contribution in [0, 0.1) is 5.92 Å². The number of rotatable bonds is 4. The van der Waals surface area contributed by atoms with Gasteiger partial charge in [0.1, 0.15) is 11.7 Å². The summed E-state index contributed by atoms with van der Waals surface area (Å²) in [6, 6.07) is 7.35. The fourth-order valence-electron chi connectivity index (χ4n) is 3.52. The van der Waals surface area contributed by atoms with Crippen LogP contribution in [0.3, 0.4) is 0 Å². The van der Waals surface area contributed by atoms with E-state index in [0.29, 0.717) is 25.3 Å². The Kier molecular flexibility index (Phi) is 3.56. The molecule has 0 spiro atoms. The van der Waals surface area contributed by atoms with Gasteiger partial charge < -0.3 is 19.5 Å². The molecule has 22 heavy (non-hydrogen) atoms. The molecule has 2 bridgehead atoms. The Morgan fingerprint density at radius 2 is 2.23 bits per heavy atom. The van der Waals surface area contributed by atoms with Gasteiger partial charge in [-0.25, -0.2) is 0 Å². The minimum atomic E-state index is -1.09. The Morgan fingerprint density at radius 1 is 1.50 bits per heavy atom. The number of aliphatic carboxylic acids is 1. The molecule has 0 radical (unpaired) electrons. The van der Waals surface area contributed by atoms with E-state index in [1.165, 1.54) is 4.90 Å². The van der Waals surface area contributed by atoms with Gasteiger partial charge in [0, 0.05) is 26.0 Å². The van der Waals surface area contributed by atoms with Crippen molar-refractivity contribution < 1.29 is 24.2 Å². The summed E-state index contributed by atoms with van der Waals surface area (Å²) in [6.45, 7) is 2.48. The number of piperidine rings is 1. The highest BCUT2D eigenvalue weighted by molar-refractivity contribution is 5.99. The Balaban J connectivity index is 2.07. The highest BCUT2D eigenvalue weighted by Gasteiger charge is 2.56. The molecule has 0 unspecified atom stereocenters. The average molecular weight is 305 g/mol. The van der Waals surface area contributed by atoms with E-state index in [1.807, 2.05) is 31.2 Å². The van der Waals surface area contributed by atoms with Gasteiger partial charge in [0.05, 0.1) is 6.61 Å².